The second-order valence-corrected chi connectivity index (χ2v) is 7.01. The van der Waals surface area contributed by atoms with Gasteiger partial charge in [0.1, 0.15) is 6.61 Å². The number of carbonyl (C=O) groups excluding carboxylic acids is 1. The third-order valence-corrected chi connectivity index (χ3v) is 3.86. The molecule has 1 amide bonds. The zero-order valence-electron chi connectivity index (χ0n) is 12.2. The van der Waals surface area contributed by atoms with Crippen molar-refractivity contribution in [1.82, 2.24) is 5.32 Å². The van der Waals surface area contributed by atoms with Gasteiger partial charge in [-0.05, 0) is 38.5 Å². The van der Waals surface area contributed by atoms with Gasteiger partial charge in [0.15, 0.2) is 9.84 Å². The van der Waals surface area contributed by atoms with E-state index in [2.05, 4.69) is 5.32 Å². The average molecular weight is 299 g/mol. The molecule has 1 atom stereocenters. The minimum atomic E-state index is -3.19. The van der Waals surface area contributed by atoms with Gasteiger partial charge in [0.2, 0.25) is 5.91 Å². The van der Waals surface area contributed by atoms with E-state index in [-0.39, 0.29) is 29.6 Å². The summed E-state index contributed by atoms with van der Waals surface area (Å²) in [4.78, 5) is 11.9. The molecule has 0 fully saturated rings. The van der Waals surface area contributed by atoms with Crippen molar-refractivity contribution >= 4 is 15.7 Å². The molecule has 1 N–H and O–H groups in total. The summed E-state index contributed by atoms with van der Waals surface area (Å²) < 4.78 is 27.9. The molecular formula is C14H21NO4S. The van der Waals surface area contributed by atoms with E-state index in [0.717, 1.165) is 11.8 Å². The van der Waals surface area contributed by atoms with E-state index >= 15 is 0 Å². The number of rotatable bonds is 6. The van der Waals surface area contributed by atoms with Crippen LogP contribution in [0.3, 0.4) is 0 Å². The Morgan fingerprint density at radius 3 is 2.20 bits per heavy atom. The molecule has 112 valence electrons. The first-order chi connectivity index (χ1) is 9.20. The highest BCUT2D eigenvalue weighted by Gasteiger charge is 2.12. The van der Waals surface area contributed by atoms with Crippen LogP contribution in [0.5, 0.6) is 0 Å². The fraction of sp³-hybridized carbons (Fsp3) is 0.500. The molecule has 6 heteroatoms. The number of benzene rings is 1. The summed E-state index contributed by atoms with van der Waals surface area (Å²) in [6.07, 6.45) is 1.17. The maximum absolute atomic E-state index is 11.6. The van der Waals surface area contributed by atoms with E-state index < -0.39 is 9.84 Å². The van der Waals surface area contributed by atoms with E-state index in [0.29, 0.717) is 0 Å². The van der Waals surface area contributed by atoms with Gasteiger partial charge in [-0.15, -0.1) is 0 Å². The van der Waals surface area contributed by atoms with Crippen molar-refractivity contribution in [2.45, 2.75) is 37.8 Å². The maximum atomic E-state index is 11.6. The van der Waals surface area contributed by atoms with Crippen LogP contribution in [-0.2, 0) is 19.4 Å². The lowest BCUT2D eigenvalue weighted by molar-refractivity contribution is -0.127. The molecule has 1 aromatic carbocycles. The quantitative estimate of drug-likeness (QED) is 0.867. The van der Waals surface area contributed by atoms with Gasteiger partial charge in [-0.1, -0.05) is 12.1 Å². The minimum Gasteiger partial charge on any atom is -0.369 e. The average Bonchev–Trinajstić information content (AvgIpc) is 2.35. The molecule has 0 saturated heterocycles. The van der Waals surface area contributed by atoms with Crippen molar-refractivity contribution in [3.05, 3.63) is 29.8 Å². The first kappa shape index (κ1) is 16.7. The normalized spacial score (nSPS) is 13.2. The van der Waals surface area contributed by atoms with Crippen LogP contribution in [0.4, 0.5) is 0 Å². The van der Waals surface area contributed by atoms with Crippen LogP contribution < -0.4 is 5.32 Å². The van der Waals surface area contributed by atoms with Crippen molar-refractivity contribution in [3.63, 3.8) is 0 Å². The van der Waals surface area contributed by atoms with Gasteiger partial charge < -0.3 is 10.1 Å². The van der Waals surface area contributed by atoms with Crippen molar-refractivity contribution < 1.29 is 17.9 Å². The van der Waals surface area contributed by atoms with Crippen molar-refractivity contribution in [1.29, 1.82) is 0 Å². The summed E-state index contributed by atoms with van der Waals surface area (Å²) in [6.45, 7) is 5.58. The van der Waals surface area contributed by atoms with Crippen molar-refractivity contribution in [3.8, 4) is 0 Å². The third-order valence-electron chi connectivity index (χ3n) is 2.73. The second kappa shape index (κ2) is 6.85. The molecule has 0 aliphatic carbocycles. The molecular weight excluding hydrogens is 278 g/mol. The third kappa shape index (κ3) is 5.30. The molecule has 1 aromatic rings. The standard InChI is InChI=1S/C14H21NO4S/c1-10(2)19-9-14(16)15-11(3)12-5-7-13(8-6-12)20(4,17)18/h5-8,10-11H,9H2,1-4H3,(H,15,16). The van der Waals surface area contributed by atoms with Gasteiger partial charge in [-0.3, -0.25) is 4.79 Å². The molecule has 0 aliphatic heterocycles. The van der Waals surface area contributed by atoms with Gasteiger partial charge in [-0.25, -0.2) is 8.42 Å². The number of sulfone groups is 1. The van der Waals surface area contributed by atoms with Crippen molar-refractivity contribution in [2.24, 2.45) is 0 Å². The van der Waals surface area contributed by atoms with Crippen LogP contribution in [0.15, 0.2) is 29.2 Å². The fourth-order valence-corrected chi connectivity index (χ4v) is 2.24. The Morgan fingerprint density at radius 1 is 1.20 bits per heavy atom. The van der Waals surface area contributed by atoms with E-state index in [4.69, 9.17) is 4.74 Å². The monoisotopic (exact) mass is 299 g/mol. The first-order valence-electron chi connectivity index (χ1n) is 6.41. The van der Waals surface area contributed by atoms with Crippen LogP contribution >= 0.6 is 0 Å². The summed E-state index contributed by atoms with van der Waals surface area (Å²) >= 11 is 0. The smallest absolute Gasteiger partial charge is 0.246 e. The fourth-order valence-electron chi connectivity index (χ4n) is 1.61. The summed E-state index contributed by atoms with van der Waals surface area (Å²) in [5.74, 6) is -0.196. The Kier molecular flexibility index (Phi) is 5.71. The number of hydrogen-bond acceptors (Lipinski definition) is 4. The number of ether oxygens (including phenoxy) is 1. The Bertz CT molecular complexity index is 549. The van der Waals surface area contributed by atoms with Gasteiger partial charge >= 0.3 is 0 Å². The van der Waals surface area contributed by atoms with Gasteiger partial charge in [-0.2, -0.15) is 0 Å². The molecule has 0 spiro atoms. The maximum Gasteiger partial charge on any atom is 0.246 e. The predicted octanol–water partition coefficient (Wildman–Crippen LogP) is 1.69. The highest BCUT2D eigenvalue weighted by molar-refractivity contribution is 7.90. The highest BCUT2D eigenvalue weighted by atomic mass is 32.2. The Hall–Kier alpha value is -1.40. The topological polar surface area (TPSA) is 72.5 Å². The van der Waals surface area contributed by atoms with Gasteiger partial charge in [0, 0.05) is 6.26 Å². The van der Waals surface area contributed by atoms with Crippen LogP contribution in [0.25, 0.3) is 0 Å². The molecule has 20 heavy (non-hydrogen) atoms. The van der Waals surface area contributed by atoms with Crippen LogP contribution in [0.1, 0.15) is 32.4 Å². The minimum absolute atomic E-state index is 0.00472. The second-order valence-electron chi connectivity index (χ2n) is 4.99. The zero-order valence-corrected chi connectivity index (χ0v) is 13.0. The number of nitrogens with one attached hydrogen (secondary N) is 1. The Labute approximate surface area is 120 Å². The largest absolute Gasteiger partial charge is 0.369 e. The molecule has 5 nitrogen and oxygen atoms in total. The molecule has 0 aliphatic rings. The predicted molar refractivity (Wildman–Crippen MR) is 77.2 cm³/mol. The summed E-state index contributed by atoms with van der Waals surface area (Å²) in [6, 6.07) is 6.28. The summed E-state index contributed by atoms with van der Waals surface area (Å²) in [5.41, 5.74) is 0.843. The lowest BCUT2D eigenvalue weighted by atomic mass is 10.1. The van der Waals surface area contributed by atoms with E-state index in [9.17, 15) is 13.2 Å². The Balaban J connectivity index is 2.64. The lowest BCUT2D eigenvalue weighted by Gasteiger charge is -2.15. The van der Waals surface area contributed by atoms with Gasteiger partial charge in [0.25, 0.3) is 0 Å². The Morgan fingerprint density at radius 2 is 1.75 bits per heavy atom. The van der Waals surface area contributed by atoms with Crippen LogP contribution in [-0.4, -0.2) is 33.3 Å². The van der Waals surface area contributed by atoms with E-state index in [1.807, 2.05) is 20.8 Å². The van der Waals surface area contributed by atoms with Crippen molar-refractivity contribution in [2.75, 3.05) is 12.9 Å². The molecule has 0 saturated carbocycles. The molecule has 1 rings (SSSR count). The highest BCUT2D eigenvalue weighted by Crippen LogP contribution is 2.16. The number of amides is 1. The molecule has 0 heterocycles. The molecule has 0 bridgehead atoms. The molecule has 0 aromatic heterocycles. The molecule has 1 unspecified atom stereocenters. The molecule has 0 radical (unpaired) electrons. The summed E-state index contributed by atoms with van der Waals surface area (Å²) in [5, 5.41) is 2.80. The first-order valence-corrected chi connectivity index (χ1v) is 8.30. The SMILES string of the molecule is CC(C)OCC(=O)NC(C)c1ccc(S(C)(=O)=O)cc1. The summed E-state index contributed by atoms with van der Waals surface area (Å²) in [7, 11) is -3.19. The number of hydrogen-bond donors (Lipinski definition) is 1. The van der Waals surface area contributed by atoms with Gasteiger partial charge in [0.05, 0.1) is 17.0 Å². The van der Waals surface area contributed by atoms with Crippen LogP contribution in [0, 0.1) is 0 Å². The number of carbonyl (C=O) groups is 1. The lowest BCUT2D eigenvalue weighted by Crippen LogP contribution is -2.31. The van der Waals surface area contributed by atoms with E-state index in [1.54, 1.807) is 12.1 Å². The zero-order chi connectivity index (χ0) is 15.3. The van der Waals surface area contributed by atoms with E-state index in [1.165, 1.54) is 12.1 Å². The van der Waals surface area contributed by atoms with Crippen LogP contribution in [0.2, 0.25) is 0 Å².